The first kappa shape index (κ1) is 18.2. The molecule has 7 nitrogen and oxygen atoms in total. The van der Waals surface area contributed by atoms with E-state index in [1.54, 1.807) is 62.6 Å². The number of anilines is 1. The third-order valence-corrected chi connectivity index (χ3v) is 3.78. The van der Waals surface area contributed by atoms with Crippen LogP contribution in [0.2, 0.25) is 0 Å². The van der Waals surface area contributed by atoms with Gasteiger partial charge in [0.15, 0.2) is 17.8 Å². The van der Waals surface area contributed by atoms with Crippen molar-refractivity contribution in [1.29, 1.82) is 0 Å². The van der Waals surface area contributed by atoms with Crippen LogP contribution in [0, 0.1) is 0 Å². The van der Waals surface area contributed by atoms with E-state index in [4.69, 9.17) is 13.9 Å². The first-order valence-corrected chi connectivity index (χ1v) is 8.29. The van der Waals surface area contributed by atoms with E-state index in [1.807, 2.05) is 0 Å². The van der Waals surface area contributed by atoms with E-state index in [0.29, 0.717) is 22.6 Å². The van der Waals surface area contributed by atoms with Gasteiger partial charge in [0, 0.05) is 17.3 Å². The summed E-state index contributed by atoms with van der Waals surface area (Å²) in [4.78, 5) is 28.8. The Labute approximate surface area is 155 Å². The Hall–Kier alpha value is -3.61. The lowest BCUT2D eigenvalue weighted by atomic mass is 10.0. The number of oxazole rings is 1. The van der Waals surface area contributed by atoms with Crippen molar-refractivity contribution in [2.45, 2.75) is 6.92 Å². The minimum atomic E-state index is -0.607. The zero-order chi connectivity index (χ0) is 19.2. The predicted octanol–water partition coefficient (Wildman–Crippen LogP) is 3.78. The number of methoxy groups -OCH3 is 1. The number of benzene rings is 2. The highest BCUT2D eigenvalue weighted by Crippen LogP contribution is 2.28. The highest BCUT2D eigenvalue weighted by molar-refractivity contribution is 6.09. The predicted molar refractivity (Wildman–Crippen MR) is 98.8 cm³/mol. The molecule has 1 heterocycles. The van der Waals surface area contributed by atoms with Crippen LogP contribution in [0.1, 0.15) is 27.8 Å². The molecule has 3 rings (SSSR count). The molecule has 0 unspecified atom stereocenters. The van der Waals surface area contributed by atoms with Crippen LogP contribution in [-0.4, -0.2) is 30.6 Å². The average molecular weight is 366 g/mol. The second-order valence-corrected chi connectivity index (χ2v) is 5.48. The maximum Gasteiger partial charge on any atom is 0.360 e. The van der Waals surface area contributed by atoms with Gasteiger partial charge in [-0.2, -0.15) is 0 Å². The number of nitrogens with one attached hydrogen (secondary N) is 1. The average Bonchev–Trinajstić information content (AvgIpc) is 3.18. The number of amides is 1. The standard InChI is InChI=1S/C20H18N2O5/c1-3-26-20(24)17-18(27-12-21-17)15-9-4-5-10-16(15)19(23)22-13-7-6-8-14(11-13)25-2/h4-12H,3H2,1-2H3,(H,22,23). The highest BCUT2D eigenvalue weighted by atomic mass is 16.5. The number of carbonyl (C=O) groups is 2. The molecule has 0 fully saturated rings. The van der Waals surface area contributed by atoms with Gasteiger partial charge in [0.25, 0.3) is 5.91 Å². The summed E-state index contributed by atoms with van der Waals surface area (Å²) in [5.74, 6) is -0.153. The molecule has 0 saturated heterocycles. The number of rotatable bonds is 6. The van der Waals surface area contributed by atoms with Crippen LogP contribution in [0.3, 0.4) is 0 Å². The van der Waals surface area contributed by atoms with Gasteiger partial charge in [-0.1, -0.05) is 24.3 Å². The van der Waals surface area contributed by atoms with Crippen molar-refractivity contribution < 1.29 is 23.5 Å². The fourth-order valence-electron chi connectivity index (χ4n) is 2.56. The zero-order valence-electron chi connectivity index (χ0n) is 14.9. The summed E-state index contributed by atoms with van der Waals surface area (Å²) in [7, 11) is 1.55. The molecule has 0 aliphatic rings. The number of hydrogen-bond acceptors (Lipinski definition) is 6. The molecule has 0 spiro atoms. The van der Waals surface area contributed by atoms with E-state index in [-0.39, 0.29) is 24.0 Å². The number of ether oxygens (including phenoxy) is 2. The smallest absolute Gasteiger partial charge is 0.360 e. The van der Waals surface area contributed by atoms with Gasteiger partial charge >= 0.3 is 5.97 Å². The summed E-state index contributed by atoms with van der Waals surface area (Å²) in [6.07, 6.45) is 1.15. The Bertz CT molecular complexity index is 964. The van der Waals surface area contributed by atoms with Gasteiger partial charge in [-0.05, 0) is 25.1 Å². The van der Waals surface area contributed by atoms with Gasteiger partial charge in [0.05, 0.1) is 19.3 Å². The van der Waals surface area contributed by atoms with Crippen molar-refractivity contribution in [2.75, 3.05) is 19.0 Å². The lowest BCUT2D eigenvalue weighted by Crippen LogP contribution is -2.14. The van der Waals surface area contributed by atoms with Crippen LogP contribution in [0.25, 0.3) is 11.3 Å². The summed E-state index contributed by atoms with van der Waals surface area (Å²) in [5, 5.41) is 2.81. The van der Waals surface area contributed by atoms with Gasteiger partial charge in [-0.15, -0.1) is 0 Å². The third-order valence-electron chi connectivity index (χ3n) is 3.78. The van der Waals surface area contributed by atoms with Crippen LogP contribution in [0.4, 0.5) is 5.69 Å². The monoisotopic (exact) mass is 366 g/mol. The van der Waals surface area contributed by atoms with Crippen LogP contribution in [0.5, 0.6) is 5.75 Å². The fraction of sp³-hybridized carbons (Fsp3) is 0.150. The third kappa shape index (κ3) is 3.98. The molecule has 0 radical (unpaired) electrons. The van der Waals surface area contributed by atoms with Crippen molar-refractivity contribution in [3.8, 4) is 17.1 Å². The Morgan fingerprint density at radius 3 is 2.74 bits per heavy atom. The summed E-state index contributed by atoms with van der Waals surface area (Å²) >= 11 is 0. The first-order chi connectivity index (χ1) is 13.1. The van der Waals surface area contributed by atoms with Crippen molar-refractivity contribution >= 4 is 17.6 Å². The fourth-order valence-corrected chi connectivity index (χ4v) is 2.56. The number of hydrogen-bond donors (Lipinski definition) is 1. The van der Waals surface area contributed by atoms with Gasteiger partial charge in [-0.25, -0.2) is 9.78 Å². The topological polar surface area (TPSA) is 90.7 Å². The lowest BCUT2D eigenvalue weighted by molar-refractivity contribution is 0.0520. The number of carbonyl (C=O) groups excluding carboxylic acids is 2. The largest absolute Gasteiger partial charge is 0.497 e. The van der Waals surface area contributed by atoms with Crippen molar-refractivity contribution in [3.05, 3.63) is 66.2 Å². The van der Waals surface area contributed by atoms with Crippen molar-refractivity contribution in [1.82, 2.24) is 4.98 Å². The maximum absolute atomic E-state index is 12.8. The minimum Gasteiger partial charge on any atom is -0.497 e. The van der Waals surface area contributed by atoms with Crippen LogP contribution in [0.15, 0.2) is 59.3 Å². The van der Waals surface area contributed by atoms with Crippen molar-refractivity contribution in [2.24, 2.45) is 0 Å². The van der Waals surface area contributed by atoms with Gasteiger partial charge in [0.2, 0.25) is 0 Å². The normalized spacial score (nSPS) is 10.3. The lowest BCUT2D eigenvalue weighted by Gasteiger charge is -2.10. The summed E-state index contributed by atoms with van der Waals surface area (Å²) in [6, 6.07) is 13.8. The van der Waals surface area contributed by atoms with Crippen molar-refractivity contribution in [3.63, 3.8) is 0 Å². The molecule has 2 aromatic carbocycles. The molecule has 1 aromatic heterocycles. The molecular weight excluding hydrogens is 348 g/mol. The molecule has 0 atom stereocenters. The molecule has 0 bridgehead atoms. The van der Waals surface area contributed by atoms with Gasteiger partial charge in [-0.3, -0.25) is 4.79 Å². The molecule has 3 aromatic rings. The van der Waals surface area contributed by atoms with E-state index >= 15 is 0 Å². The van der Waals surface area contributed by atoms with E-state index in [0.717, 1.165) is 6.39 Å². The maximum atomic E-state index is 12.8. The Morgan fingerprint density at radius 1 is 1.15 bits per heavy atom. The van der Waals surface area contributed by atoms with Crippen LogP contribution >= 0.6 is 0 Å². The highest BCUT2D eigenvalue weighted by Gasteiger charge is 2.23. The second-order valence-electron chi connectivity index (χ2n) is 5.48. The quantitative estimate of drug-likeness (QED) is 0.668. The summed E-state index contributed by atoms with van der Waals surface area (Å²) in [6.45, 7) is 1.91. The SMILES string of the molecule is CCOC(=O)c1ncoc1-c1ccccc1C(=O)Nc1cccc(OC)c1. The Morgan fingerprint density at radius 2 is 1.96 bits per heavy atom. The molecule has 7 heteroatoms. The Balaban J connectivity index is 1.94. The van der Waals surface area contributed by atoms with E-state index in [1.165, 1.54) is 0 Å². The molecule has 1 N–H and O–H groups in total. The van der Waals surface area contributed by atoms with Gasteiger partial charge < -0.3 is 19.2 Å². The van der Waals surface area contributed by atoms with E-state index < -0.39 is 5.97 Å². The summed E-state index contributed by atoms with van der Waals surface area (Å²) < 4.78 is 15.5. The van der Waals surface area contributed by atoms with Gasteiger partial charge in [0.1, 0.15) is 5.75 Å². The molecule has 0 aliphatic carbocycles. The molecule has 27 heavy (non-hydrogen) atoms. The molecular formula is C20H18N2O5. The number of esters is 1. The van der Waals surface area contributed by atoms with E-state index in [9.17, 15) is 9.59 Å². The summed E-state index contributed by atoms with van der Waals surface area (Å²) in [5.41, 5.74) is 1.39. The number of aromatic nitrogens is 1. The van der Waals surface area contributed by atoms with E-state index in [2.05, 4.69) is 10.3 Å². The van der Waals surface area contributed by atoms with Crippen LogP contribution < -0.4 is 10.1 Å². The van der Waals surface area contributed by atoms with Crippen LogP contribution in [-0.2, 0) is 4.74 Å². The zero-order valence-corrected chi connectivity index (χ0v) is 14.9. The second kappa shape index (κ2) is 8.18. The molecule has 138 valence electrons. The molecule has 1 amide bonds. The Kier molecular flexibility index (Phi) is 5.51. The first-order valence-electron chi connectivity index (χ1n) is 8.29. The number of nitrogens with zero attached hydrogens (tertiary/aromatic N) is 1. The molecule has 0 aliphatic heterocycles. The minimum absolute atomic E-state index is 0.0264. The molecule has 0 saturated carbocycles.